The summed E-state index contributed by atoms with van der Waals surface area (Å²) in [5, 5.41) is 18.0. The van der Waals surface area contributed by atoms with Gasteiger partial charge in [-0.25, -0.2) is 9.59 Å². The zero-order chi connectivity index (χ0) is 13.2. The van der Waals surface area contributed by atoms with Crippen molar-refractivity contribution in [1.82, 2.24) is 16.0 Å². The zero-order valence-electron chi connectivity index (χ0n) is 10.7. The number of hydrogen-bond acceptors (Lipinski definition) is 3. The molecule has 0 aromatic rings. The number of carboxylic acids is 1. The van der Waals surface area contributed by atoms with Crippen LogP contribution in [0.3, 0.4) is 0 Å². The molecule has 1 aliphatic carbocycles. The van der Waals surface area contributed by atoms with Gasteiger partial charge < -0.3 is 21.1 Å². The molecule has 0 aromatic carbocycles. The lowest BCUT2D eigenvalue weighted by molar-refractivity contribution is -0.144. The van der Waals surface area contributed by atoms with Crippen LogP contribution in [-0.4, -0.2) is 41.8 Å². The molecule has 1 atom stereocenters. The van der Waals surface area contributed by atoms with Crippen LogP contribution in [0.5, 0.6) is 0 Å². The summed E-state index contributed by atoms with van der Waals surface area (Å²) < 4.78 is 0. The summed E-state index contributed by atoms with van der Waals surface area (Å²) >= 11 is 0. The molecule has 0 spiro atoms. The number of piperidine rings is 1. The first-order chi connectivity index (χ1) is 8.52. The van der Waals surface area contributed by atoms with E-state index in [2.05, 4.69) is 16.0 Å². The Morgan fingerprint density at radius 1 is 1.22 bits per heavy atom. The van der Waals surface area contributed by atoms with E-state index in [1.54, 1.807) is 6.92 Å². The first kappa shape index (κ1) is 13.1. The minimum Gasteiger partial charge on any atom is -0.480 e. The van der Waals surface area contributed by atoms with Gasteiger partial charge in [0.1, 0.15) is 5.54 Å². The van der Waals surface area contributed by atoms with Gasteiger partial charge in [-0.15, -0.1) is 0 Å². The van der Waals surface area contributed by atoms with E-state index in [4.69, 9.17) is 0 Å². The summed E-state index contributed by atoms with van der Waals surface area (Å²) in [6.45, 7) is 3.38. The molecule has 1 saturated heterocycles. The van der Waals surface area contributed by atoms with E-state index in [0.29, 0.717) is 0 Å². The number of carboxylic acid groups (broad SMARTS) is 1. The third kappa shape index (κ3) is 2.93. The van der Waals surface area contributed by atoms with Crippen molar-refractivity contribution < 1.29 is 14.7 Å². The van der Waals surface area contributed by atoms with Crippen molar-refractivity contribution >= 4 is 12.0 Å². The Hall–Kier alpha value is -1.30. The van der Waals surface area contributed by atoms with Gasteiger partial charge in [0, 0.05) is 6.04 Å². The average molecular weight is 255 g/mol. The molecule has 0 aromatic heterocycles. The molecule has 1 saturated carbocycles. The van der Waals surface area contributed by atoms with Crippen molar-refractivity contribution in [1.29, 1.82) is 0 Å². The third-order valence-electron chi connectivity index (χ3n) is 3.89. The number of rotatable bonds is 4. The van der Waals surface area contributed by atoms with Crippen LogP contribution < -0.4 is 16.0 Å². The van der Waals surface area contributed by atoms with Crippen LogP contribution in [0.4, 0.5) is 4.79 Å². The molecule has 0 bridgehead atoms. The fraction of sp³-hybridized carbons (Fsp3) is 0.833. The van der Waals surface area contributed by atoms with Crippen LogP contribution in [0.25, 0.3) is 0 Å². The molecule has 102 valence electrons. The Balaban J connectivity index is 1.86. The number of amides is 2. The largest absolute Gasteiger partial charge is 0.480 e. The monoisotopic (exact) mass is 255 g/mol. The Morgan fingerprint density at radius 3 is 2.33 bits per heavy atom. The van der Waals surface area contributed by atoms with Gasteiger partial charge in [-0.2, -0.15) is 0 Å². The highest BCUT2D eigenvalue weighted by Crippen LogP contribution is 2.39. The quantitative estimate of drug-likeness (QED) is 0.581. The molecule has 1 aliphatic heterocycles. The van der Waals surface area contributed by atoms with Gasteiger partial charge in [0.25, 0.3) is 0 Å². The smallest absolute Gasteiger partial charge is 0.329 e. The van der Waals surface area contributed by atoms with E-state index in [1.807, 2.05) is 0 Å². The van der Waals surface area contributed by atoms with Crippen LogP contribution >= 0.6 is 0 Å². The second kappa shape index (κ2) is 5.14. The molecule has 2 fully saturated rings. The van der Waals surface area contributed by atoms with Crippen LogP contribution in [0, 0.1) is 5.92 Å². The Kier molecular flexibility index (Phi) is 3.75. The van der Waals surface area contributed by atoms with Crippen molar-refractivity contribution in [2.24, 2.45) is 5.92 Å². The van der Waals surface area contributed by atoms with Gasteiger partial charge >= 0.3 is 12.0 Å². The lowest BCUT2D eigenvalue weighted by Crippen LogP contribution is -2.58. The highest BCUT2D eigenvalue weighted by atomic mass is 16.4. The summed E-state index contributed by atoms with van der Waals surface area (Å²) in [5.41, 5.74) is -1.13. The van der Waals surface area contributed by atoms with Gasteiger partial charge in [0.2, 0.25) is 0 Å². The van der Waals surface area contributed by atoms with Crippen molar-refractivity contribution in [3.05, 3.63) is 0 Å². The van der Waals surface area contributed by atoms with E-state index < -0.39 is 11.5 Å². The van der Waals surface area contributed by atoms with Gasteiger partial charge in [-0.05, 0) is 51.6 Å². The van der Waals surface area contributed by atoms with E-state index in [-0.39, 0.29) is 18.0 Å². The van der Waals surface area contributed by atoms with Crippen LogP contribution in [0.1, 0.15) is 32.6 Å². The van der Waals surface area contributed by atoms with Crippen LogP contribution in [0.2, 0.25) is 0 Å². The molecule has 2 rings (SSSR count). The summed E-state index contributed by atoms with van der Waals surface area (Å²) in [7, 11) is 0. The first-order valence-corrected chi connectivity index (χ1v) is 6.55. The van der Waals surface area contributed by atoms with Crippen LogP contribution in [0.15, 0.2) is 0 Å². The van der Waals surface area contributed by atoms with Crippen molar-refractivity contribution in [2.45, 2.75) is 44.2 Å². The van der Waals surface area contributed by atoms with E-state index in [0.717, 1.165) is 38.8 Å². The highest BCUT2D eigenvalue weighted by Gasteiger charge is 2.48. The fourth-order valence-electron chi connectivity index (χ4n) is 2.41. The number of hydrogen-bond donors (Lipinski definition) is 4. The predicted molar refractivity (Wildman–Crippen MR) is 66.3 cm³/mol. The number of urea groups is 1. The third-order valence-corrected chi connectivity index (χ3v) is 3.89. The molecule has 6 heteroatoms. The number of carbonyl (C=O) groups is 2. The molecule has 18 heavy (non-hydrogen) atoms. The summed E-state index contributed by atoms with van der Waals surface area (Å²) in [6, 6.07) is -0.220. The summed E-state index contributed by atoms with van der Waals surface area (Å²) in [6.07, 6.45) is 3.52. The maximum absolute atomic E-state index is 11.9. The Labute approximate surface area is 107 Å². The molecule has 1 unspecified atom stereocenters. The number of nitrogens with one attached hydrogen (secondary N) is 3. The standard InChI is InChI=1S/C12H21N3O3/c1-12(10(16)17,8-2-3-8)15-11(18)14-9-4-6-13-7-5-9/h8-9,13H,2-7H2,1H3,(H,16,17)(H2,14,15,18). The second-order valence-corrected chi connectivity index (χ2v) is 5.40. The Morgan fingerprint density at radius 2 is 1.83 bits per heavy atom. The summed E-state index contributed by atoms with van der Waals surface area (Å²) in [4.78, 5) is 23.1. The number of carbonyl (C=O) groups excluding carboxylic acids is 1. The average Bonchev–Trinajstić information content (AvgIpc) is 3.13. The lowest BCUT2D eigenvalue weighted by atomic mass is 9.96. The zero-order valence-corrected chi connectivity index (χ0v) is 10.7. The number of aliphatic carboxylic acids is 1. The Bertz CT molecular complexity index is 337. The molecular formula is C12H21N3O3. The van der Waals surface area contributed by atoms with Crippen molar-refractivity contribution in [2.75, 3.05) is 13.1 Å². The van der Waals surface area contributed by atoms with Crippen molar-refractivity contribution in [3.63, 3.8) is 0 Å². The maximum Gasteiger partial charge on any atom is 0.329 e. The first-order valence-electron chi connectivity index (χ1n) is 6.55. The molecule has 4 N–H and O–H groups in total. The highest BCUT2D eigenvalue weighted by molar-refractivity contribution is 5.86. The van der Waals surface area contributed by atoms with E-state index in [9.17, 15) is 14.7 Å². The molecule has 2 amide bonds. The minimum absolute atomic E-state index is 0.0637. The summed E-state index contributed by atoms with van der Waals surface area (Å²) in [5.74, 6) is -0.890. The topological polar surface area (TPSA) is 90.5 Å². The van der Waals surface area contributed by atoms with E-state index >= 15 is 0 Å². The molecule has 2 aliphatic rings. The second-order valence-electron chi connectivity index (χ2n) is 5.40. The van der Waals surface area contributed by atoms with Gasteiger partial charge in [0.05, 0.1) is 0 Å². The van der Waals surface area contributed by atoms with Gasteiger partial charge in [0.15, 0.2) is 0 Å². The molecule has 6 nitrogen and oxygen atoms in total. The van der Waals surface area contributed by atoms with Crippen molar-refractivity contribution in [3.8, 4) is 0 Å². The van der Waals surface area contributed by atoms with Crippen LogP contribution in [-0.2, 0) is 4.79 Å². The molecule has 1 heterocycles. The van der Waals surface area contributed by atoms with Gasteiger partial charge in [-0.1, -0.05) is 0 Å². The fourth-order valence-corrected chi connectivity index (χ4v) is 2.41. The van der Waals surface area contributed by atoms with E-state index in [1.165, 1.54) is 0 Å². The molecular weight excluding hydrogens is 234 g/mol. The lowest BCUT2D eigenvalue weighted by Gasteiger charge is -2.29. The normalized spacial score (nSPS) is 24.1. The molecule has 0 radical (unpaired) electrons. The SMILES string of the molecule is CC(NC(=O)NC1CCNCC1)(C(=O)O)C1CC1. The predicted octanol–water partition coefficient (Wildman–Crippen LogP) is 0.291. The van der Waals surface area contributed by atoms with Gasteiger partial charge in [-0.3, -0.25) is 0 Å². The minimum atomic E-state index is -1.13. The maximum atomic E-state index is 11.9.